The van der Waals surface area contributed by atoms with Crippen molar-refractivity contribution in [2.45, 2.75) is 25.1 Å². The molecule has 1 aromatic heterocycles. The molecular weight excluding hydrogens is 228 g/mol. The lowest BCUT2D eigenvalue weighted by atomic mass is 10.2. The van der Waals surface area contributed by atoms with Crippen LogP contribution >= 0.6 is 11.8 Å². The molecule has 88 valence electrons. The van der Waals surface area contributed by atoms with E-state index in [1.807, 2.05) is 16.7 Å². The van der Waals surface area contributed by atoms with Crippen molar-refractivity contribution in [2.24, 2.45) is 0 Å². The molecule has 1 fully saturated rings. The van der Waals surface area contributed by atoms with Gasteiger partial charge in [-0.05, 0) is 6.92 Å². The number of hydrogen-bond donors (Lipinski definition) is 1. The number of aromatic carboxylic acids is 1. The molecule has 2 rings (SSSR count). The monoisotopic (exact) mass is 242 g/mol. The van der Waals surface area contributed by atoms with Gasteiger partial charge < -0.3 is 14.4 Å². The molecule has 1 aromatic rings. The van der Waals surface area contributed by atoms with Gasteiger partial charge in [-0.25, -0.2) is 4.79 Å². The van der Waals surface area contributed by atoms with Crippen molar-refractivity contribution in [1.29, 1.82) is 0 Å². The van der Waals surface area contributed by atoms with E-state index in [2.05, 4.69) is 18.8 Å². The van der Waals surface area contributed by atoms with Crippen LogP contribution in [0, 0.1) is 0 Å². The summed E-state index contributed by atoms with van der Waals surface area (Å²) in [7, 11) is 0. The number of rotatable bonds is 2. The molecule has 2 unspecified atom stereocenters. The highest BCUT2D eigenvalue weighted by Gasteiger charge is 2.28. The Hall–Kier alpha value is -1.17. The van der Waals surface area contributed by atoms with Crippen LogP contribution in [-0.2, 0) is 0 Å². The lowest BCUT2D eigenvalue weighted by Gasteiger charge is -2.36. The lowest BCUT2D eigenvalue weighted by molar-refractivity contribution is 0.0690. The van der Waals surface area contributed by atoms with Gasteiger partial charge in [0.25, 0.3) is 6.01 Å². The van der Waals surface area contributed by atoms with Gasteiger partial charge in [-0.3, -0.25) is 0 Å². The molecule has 0 saturated carbocycles. The number of carboxylic acid groups (broad SMARTS) is 1. The van der Waals surface area contributed by atoms with Crippen molar-refractivity contribution in [3.63, 3.8) is 0 Å². The van der Waals surface area contributed by atoms with Gasteiger partial charge in [0.05, 0.1) is 0 Å². The third kappa shape index (κ3) is 2.02. The molecular formula is C10H14N2O3S. The topological polar surface area (TPSA) is 66.6 Å². The number of carbonyl (C=O) groups is 1. The van der Waals surface area contributed by atoms with E-state index in [-0.39, 0.29) is 5.69 Å². The molecule has 16 heavy (non-hydrogen) atoms. The molecule has 1 aliphatic heterocycles. The highest BCUT2D eigenvalue weighted by atomic mass is 32.2. The van der Waals surface area contributed by atoms with Crippen LogP contribution in [0.3, 0.4) is 0 Å². The molecule has 0 spiro atoms. The Morgan fingerprint density at radius 3 is 3.06 bits per heavy atom. The van der Waals surface area contributed by atoms with E-state index >= 15 is 0 Å². The second-order valence-electron chi connectivity index (χ2n) is 3.83. The first kappa shape index (κ1) is 11.3. The van der Waals surface area contributed by atoms with Gasteiger partial charge in [0.2, 0.25) is 0 Å². The number of aromatic nitrogens is 1. The van der Waals surface area contributed by atoms with Gasteiger partial charge in [-0.2, -0.15) is 16.7 Å². The minimum Gasteiger partial charge on any atom is -0.476 e. The maximum Gasteiger partial charge on any atom is 0.357 e. The average molecular weight is 242 g/mol. The van der Waals surface area contributed by atoms with E-state index in [1.165, 1.54) is 6.26 Å². The molecule has 2 heterocycles. The molecule has 1 saturated heterocycles. The van der Waals surface area contributed by atoms with Gasteiger partial charge in [0, 0.05) is 23.6 Å². The summed E-state index contributed by atoms with van der Waals surface area (Å²) in [5.41, 5.74) is -0.0342. The normalized spacial score (nSPS) is 25.8. The van der Waals surface area contributed by atoms with E-state index in [4.69, 9.17) is 9.52 Å². The second kappa shape index (κ2) is 4.37. The van der Waals surface area contributed by atoms with Crippen LogP contribution in [0.15, 0.2) is 10.7 Å². The SMILES string of the molecule is CC1SCCN(c2nc(C(=O)O)co2)C1C. The van der Waals surface area contributed by atoms with Gasteiger partial charge in [-0.1, -0.05) is 6.92 Å². The van der Waals surface area contributed by atoms with Crippen molar-refractivity contribution < 1.29 is 14.3 Å². The zero-order valence-electron chi connectivity index (χ0n) is 9.21. The molecule has 0 radical (unpaired) electrons. The summed E-state index contributed by atoms with van der Waals surface area (Å²) in [6.45, 7) is 5.10. The second-order valence-corrected chi connectivity index (χ2v) is 5.32. The molecule has 0 amide bonds. The maximum absolute atomic E-state index is 10.7. The number of nitrogens with zero attached hydrogens (tertiary/aromatic N) is 2. The summed E-state index contributed by atoms with van der Waals surface area (Å²) in [5.74, 6) is -0.0434. The Balaban J connectivity index is 2.19. The van der Waals surface area contributed by atoms with Crippen molar-refractivity contribution in [3.8, 4) is 0 Å². The van der Waals surface area contributed by atoms with E-state index in [0.717, 1.165) is 12.3 Å². The van der Waals surface area contributed by atoms with Crippen LogP contribution in [0.2, 0.25) is 0 Å². The Labute approximate surface area is 97.8 Å². The summed E-state index contributed by atoms with van der Waals surface area (Å²) in [4.78, 5) is 16.7. The van der Waals surface area contributed by atoms with E-state index in [1.54, 1.807) is 0 Å². The van der Waals surface area contributed by atoms with Crippen molar-refractivity contribution in [1.82, 2.24) is 4.98 Å². The van der Waals surface area contributed by atoms with Crippen LogP contribution in [0.25, 0.3) is 0 Å². The van der Waals surface area contributed by atoms with E-state index in [0.29, 0.717) is 17.3 Å². The van der Waals surface area contributed by atoms with E-state index < -0.39 is 5.97 Å². The Kier molecular flexibility index (Phi) is 3.09. The van der Waals surface area contributed by atoms with Crippen LogP contribution < -0.4 is 4.90 Å². The van der Waals surface area contributed by atoms with Gasteiger partial charge in [0.1, 0.15) is 6.26 Å². The highest BCUT2D eigenvalue weighted by molar-refractivity contribution is 8.00. The first-order valence-corrected chi connectivity index (χ1v) is 6.21. The fourth-order valence-corrected chi connectivity index (χ4v) is 2.80. The van der Waals surface area contributed by atoms with Crippen LogP contribution in [0.4, 0.5) is 6.01 Å². The summed E-state index contributed by atoms with van der Waals surface area (Å²) in [5, 5.41) is 9.26. The van der Waals surface area contributed by atoms with Crippen molar-refractivity contribution in [2.75, 3.05) is 17.2 Å². The Morgan fingerprint density at radius 2 is 2.44 bits per heavy atom. The van der Waals surface area contributed by atoms with E-state index in [9.17, 15) is 4.79 Å². The predicted octanol–water partition coefficient (Wildman–Crippen LogP) is 1.70. The summed E-state index contributed by atoms with van der Waals surface area (Å²) >= 11 is 1.91. The predicted molar refractivity (Wildman–Crippen MR) is 62.2 cm³/mol. The molecule has 1 aliphatic rings. The van der Waals surface area contributed by atoms with Crippen LogP contribution in [0.5, 0.6) is 0 Å². The number of anilines is 1. The first-order chi connectivity index (χ1) is 7.59. The Bertz CT molecular complexity index is 393. The fraction of sp³-hybridized carbons (Fsp3) is 0.600. The molecule has 1 N–H and O–H groups in total. The number of hydrogen-bond acceptors (Lipinski definition) is 5. The molecule has 0 aliphatic carbocycles. The largest absolute Gasteiger partial charge is 0.476 e. The molecule has 2 atom stereocenters. The zero-order chi connectivity index (χ0) is 11.7. The maximum atomic E-state index is 10.7. The third-order valence-electron chi connectivity index (χ3n) is 2.84. The Morgan fingerprint density at radius 1 is 1.69 bits per heavy atom. The summed E-state index contributed by atoms with van der Waals surface area (Å²) in [6.07, 6.45) is 1.19. The number of thioether (sulfide) groups is 1. The molecule has 5 nitrogen and oxygen atoms in total. The van der Waals surface area contributed by atoms with Crippen molar-refractivity contribution in [3.05, 3.63) is 12.0 Å². The molecule has 0 aromatic carbocycles. The van der Waals surface area contributed by atoms with Gasteiger partial charge in [0.15, 0.2) is 5.69 Å². The highest BCUT2D eigenvalue weighted by Crippen LogP contribution is 2.28. The summed E-state index contributed by atoms with van der Waals surface area (Å²) < 4.78 is 5.21. The average Bonchev–Trinajstić information content (AvgIpc) is 2.71. The molecule has 0 bridgehead atoms. The lowest BCUT2D eigenvalue weighted by Crippen LogP contribution is -2.44. The number of carboxylic acids is 1. The summed E-state index contributed by atoms with van der Waals surface area (Å²) in [6, 6.07) is 0.719. The zero-order valence-corrected chi connectivity index (χ0v) is 10.0. The van der Waals surface area contributed by atoms with Gasteiger partial charge >= 0.3 is 5.97 Å². The first-order valence-electron chi connectivity index (χ1n) is 5.16. The quantitative estimate of drug-likeness (QED) is 0.851. The van der Waals surface area contributed by atoms with Crippen LogP contribution in [0.1, 0.15) is 24.3 Å². The fourth-order valence-electron chi connectivity index (χ4n) is 1.70. The third-order valence-corrected chi connectivity index (χ3v) is 4.18. The number of oxazole rings is 1. The standard InChI is InChI=1S/C10H14N2O3S/c1-6-7(2)16-4-3-12(6)10-11-8(5-15-10)9(13)14/h5-7H,3-4H2,1-2H3,(H,13,14). The minimum absolute atomic E-state index is 0.0342. The minimum atomic E-state index is -1.05. The van der Waals surface area contributed by atoms with Gasteiger partial charge in [-0.15, -0.1) is 0 Å². The molecule has 6 heteroatoms. The van der Waals surface area contributed by atoms with Crippen LogP contribution in [-0.4, -0.2) is 39.6 Å². The smallest absolute Gasteiger partial charge is 0.357 e. The van der Waals surface area contributed by atoms with Crippen molar-refractivity contribution >= 4 is 23.7 Å².